The molecule has 0 aliphatic rings. The number of amides is 1. The van der Waals surface area contributed by atoms with E-state index >= 15 is 0 Å². The van der Waals surface area contributed by atoms with Crippen molar-refractivity contribution < 1.29 is 19.1 Å². The molecule has 0 fully saturated rings. The van der Waals surface area contributed by atoms with Gasteiger partial charge in [0.15, 0.2) is 8.32 Å². The summed E-state index contributed by atoms with van der Waals surface area (Å²) in [5.74, 6) is 0. The van der Waals surface area contributed by atoms with Gasteiger partial charge in [0.1, 0.15) is 0 Å². The van der Waals surface area contributed by atoms with Crippen LogP contribution in [-0.2, 0) is 9.16 Å². The van der Waals surface area contributed by atoms with E-state index in [-0.39, 0.29) is 18.2 Å². The first-order chi connectivity index (χ1) is 9.10. The zero-order valence-corrected chi connectivity index (χ0v) is 14.8. The van der Waals surface area contributed by atoms with E-state index in [1.165, 1.54) is 0 Å². The van der Waals surface area contributed by atoms with Gasteiger partial charge in [0, 0.05) is 6.54 Å². The zero-order chi connectivity index (χ0) is 15.8. The largest absolute Gasteiger partial charge is 0.450 e. The van der Waals surface area contributed by atoms with Crippen LogP contribution in [0.2, 0.25) is 18.1 Å². The standard InChI is InChI=1S/C14H31NO4Si/c1-7-8-9-18-13(17)15-10-12(16)11-19-20(5,6)14(2,3)4/h12,16H,7-11H2,1-6H3,(H,15,17). The molecule has 6 heteroatoms. The molecule has 0 bridgehead atoms. The molecule has 0 saturated heterocycles. The third kappa shape index (κ3) is 7.87. The van der Waals surface area contributed by atoms with E-state index in [1.54, 1.807) is 0 Å². The minimum absolute atomic E-state index is 0.110. The summed E-state index contributed by atoms with van der Waals surface area (Å²) in [5, 5.41) is 12.5. The fraction of sp³-hybridized carbons (Fsp3) is 0.929. The summed E-state index contributed by atoms with van der Waals surface area (Å²) < 4.78 is 10.8. The van der Waals surface area contributed by atoms with Gasteiger partial charge in [-0.25, -0.2) is 4.79 Å². The van der Waals surface area contributed by atoms with Gasteiger partial charge in [0.2, 0.25) is 0 Å². The Balaban J connectivity index is 3.89. The number of hydrogen-bond acceptors (Lipinski definition) is 4. The molecule has 1 amide bonds. The molecular weight excluding hydrogens is 274 g/mol. The monoisotopic (exact) mass is 305 g/mol. The molecule has 0 rings (SSSR count). The van der Waals surface area contributed by atoms with Crippen LogP contribution < -0.4 is 5.32 Å². The van der Waals surface area contributed by atoms with Gasteiger partial charge in [0.05, 0.1) is 19.3 Å². The average molecular weight is 305 g/mol. The fourth-order valence-corrected chi connectivity index (χ4v) is 2.18. The third-order valence-electron chi connectivity index (χ3n) is 3.66. The third-order valence-corrected chi connectivity index (χ3v) is 8.16. The van der Waals surface area contributed by atoms with Gasteiger partial charge in [-0.05, 0) is 24.6 Å². The number of alkyl carbamates (subject to hydrolysis) is 1. The first-order valence-electron chi connectivity index (χ1n) is 7.33. The zero-order valence-electron chi connectivity index (χ0n) is 13.8. The molecule has 0 aliphatic carbocycles. The fourth-order valence-electron chi connectivity index (χ4n) is 1.14. The van der Waals surface area contributed by atoms with Crippen LogP contribution in [0.3, 0.4) is 0 Å². The lowest BCUT2D eigenvalue weighted by atomic mass is 10.2. The molecule has 1 atom stereocenters. The van der Waals surface area contributed by atoms with Gasteiger partial charge in [-0.15, -0.1) is 0 Å². The van der Waals surface area contributed by atoms with Crippen molar-refractivity contribution >= 4 is 14.4 Å². The van der Waals surface area contributed by atoms with Crippen molar-refractivity contribution in [2.75, 3.05) is 19.8 Å². The first kappa shape index (κ1) is 19.4. The lowest BCUT2D eigenvalue weighted by Crippen LogP contribution is -2.44. The number of aliphatic hydroxyl groups is 1. The topological polar surface area (TPSA) is 67.8 Å². The predicted octanol–water partition coefficient (Wildman–Crippen LogP) is 2.90. The summed E-state index contributed by atoms with van der Waals surface area (Å²) in [6.07, 6.45) is 0.647. The number of nitrogens with one attached hydrogen (secondary N) is 1. The number of aliphatic hydroxyl groups excluding tert-OH is 1. The van der Waals surface area contributed by atoms with Gasteiger partial charge < -0.3 is 19.6 Å². The second-order valence-electron chi connectivity index (χ2n) is 6.60. The second kappa shape index (κ2) is 8.64. The summed E-state index contributed by atoms with van der Waals surface area (Å²) in [6.45, 7) is 13.5. The number of ether oxygens (including phenoxy) is 1. The van der Waals surface area contributed by atoms with Gasteiger partial charge in [-0.2, -0.15) is 0 Å². The Bertz CT molecular complexity index is 289. The van der Waals surface area contributed by atoms with E-state index in [0.717, 1.165) is 12.8 Å². The molecule has 0 aliphatic heterocycles. The van der Waals surface area contributed by atoms with Crippen molar-refractivity contribution in [3.05, 3.63) is 0 Å². The molecule has 0 aromatic carbocycles. The minimum Gasteiger partial charge on any atom is -0.450 e. The van der Waals surface area contributed by atoms with Crippen molar-refractivity contribution in [2.24, 2.45) is 0 Å². The molecule has 0 aromatic rings. The highest BCUT2D eigenvalue weighted by atomic mass is 28.4. The van der Waals surface area contributed by atoms with Crippen LogP contribution in [0.15, 0.2) is 0 Å². The Hall–Kier alpha value is -0.593. The van der Waals surface area contributed by atoms with E-state index in [9.17, 15) is 9.90 Å². The summed E-state index contributed by atoms with van der Waals surface area (Å²) in [6, 6.07) is 0. The molecule has 5 nitrogen and oxygen atoms in total. The quantitative estimate of drug-likeness (QED) is 0.534. The van der Waals surface area contributed by atoms with Crippen LogP contribution in [0, 0.1) is 0 Å². The second-order valence-corrected chi connectivity index (χ2v) is 11.4. The van der Waals surface area contributed by atoms with Crippen LogP contribution in [0.25, 0.3) is 0 Å². The lowest BCUT2D eigenvalue weighted by Gasteiger charge is -2.36. The van der Waals surface area contributed by atoms with Gasteiger partial charge in [-0.3, -0.25) is 0 Å². The Labute approximate surface area is 124 Å². The van der Waals surface area contributed by atoms with Crippen molar-refractivity contribution in [2.45, 2.75) is 64.8 Å². The summed E-state index contributed by atoms with van der Waals surface area (Å²) in [7, 11) is -1.85. The van der Waals surface area contributed by atoms with E-state index in [1.807, 2.05) is 6.92 Å². The van der Waals surface area contributed by atoms with Crippen molar-refractivity contribution in [1.82, 2.24) is 5.32 Å². The molecule has 120 valence electrons. The molecule has 0 spiro atoms. The van der Waals surface area contributed by atoms with Crippen LogP contribution >= 0.6 is 0 Å². The Morgan fingerprint density at radius 3 is 2.45 bits per heavy atom. The number of rotatable bonds is 8. The van der Waals surface area contributed by atoms with Crippen LogP contribution in [0.1, 0.15) is 40.5 Å². The summed E-state index contributed by atoms with van der Waals surface area (Å²) in [5.41, 5.74) is 0. The highest BCUT2D eigenvalue weighted by molar-refractivity contribution is 6.74. The number of carbonyl (C=O) groups is 1. The Morgan fingerprint density at radius 2 is 1.95 bits per heavy atom. The van der Waals surface area contributed by atoms with Gasteiger partial charge >= 0.3 is 6.09 Å². The van der Waals surface area contributed by atoms with Crippen LogP contribution in [-0.4, -0.2) is 45.4 Å². The summed E-state index contributed by atoms with van der Waals surface area (Å²) in [4.78, 5) is 11.3. The van der Waals surface area contributed by atoms with E-state index in [2.05, 4.69) is 39.2 Å². The van der Waals surface area contributed by atoms with E-state index in [0.29, 0.717) is 6.61 Å². The molecule has 2 N–H and O–H groups in total. The van der Waals surface area contributed by atoms with Crippen LogP contribution in [0.4, 0.5) is 4.79 Å². The number of carbonyl (C=O) groups excluding carboxylic acids is 1. The maximum Gasteiger partial charge on any atom is 0.407 e. The van der Waals surface area contributed by atoms with E-state index < -0.39 is 20.5 Å². The first-order valence-corrected chi connectivity index (χ1v) is 10.2. The van der Waals surface area contributed by atoms with Crippen LogP contribution in [0.5, 0.6) is 0 Å². The SMILES string of the molecule is CCCCOC(=O)NCC(O)CO[Si](C)(C)C(C)(C)C. The van der Waals surface area contributed by atoms with Gasteiger partial charge in [-0.1, -0.05) is 34.1 Å². The number of hydrogen-bond donors (Lipinski definition) is 2. The lowest BCUT2D eigenvalue weighted by molar-refractivity contribution is 0.0922. The molecule has 0 aromatic heterocycles. The Morgan fingerprint density at radius 1 is 1.35 bits per heavy atom. The number of unbranched alkanes of at least 4 members (excludes halogenated alkanes) is 1. The molecule has 0 saturated carbocycles. The molecule has 20 heavy (non-hydrogen) atoms. The van der Waals surface area contributed by atoms with Gasteiger partial charge in [0.25, 0.3) is 0 Å². The van der Waals surface area contributed by atoms with Crippen molar-refractivity contribution in [3.8, 4) is 0 Å². The van der Waals surface area contributed by atoms with E-state index in [4.69, 9.17) is 9.16 Å². The normalized spacial score (nSPS) is 13.9. The molecule has 0 radical (unpaired) electrons. The van der Waals surface area contributed by atoms with Crippen molar-refractivity contribution in [1.29, 1.82) is 0 Å². The summed E-state index contributed by atoms with van der Waals surface area (Å²) >= 11 is 0. The molecular formula is C14H31NO4Si. The minimum atomic E-state index is -1.85. The Kier molecular flexibility index (Phi) is 8.38. The maximum absolute atomic E-state index is 11.3. The molecule has 0 heterocycles. The molecule has 1 unspecified atom stereocenters. The predicted molar refractivity (Wildman–Crippen MR) is 83.4 cm³/mol. The van der Waals surface area contributed by atoms with Crippen molar-refractivity contribution in [3.63, 3.8) is 0 Å². The maximum atomic E-state index is 11.3. The highest BCUT2D eigenvalue weighted by Gasteiger charge is 2.37. The average Bonchev–Trinajstić information content (AvgIpc) is 2.33. The smallest absolute Gasteiger partial charge is 0.407 e. The highest BCUT2D eigenvalue weighted by Crippen LogP contribution is 2.36.